The number of Topliss-reactive ketones (excluding diaryl/α,β-unsaturated/α-hetero) is 1. The van der Waals surface area contributed by atoms with Crippen molar-refractivity contribution in [2.45, 2.75) is 40.2 Å². The Morgan fingerprint density at radius 2 is 2.00 bits per heavy atom. The van der Waals surface area contributed by atoms with Gasteiger partial charge in [-0.3, -0.25) is 14.9 Å². The van der Waals surface area contributed by atoms with Crippen molar-refractivity contribution in [3.8, 4) is 5.75 Å². The number of ether oxygens (including phenoxy) is 1. The van der Waals surface area contributed by atoms with Gasteiger partial charge in [-0.25, -0.2) is 0 Å². The number of hydrogen-bond acceptors (Lipinski definition) is 4. The van der Waals surface area contributed by atoms with Gasteiger partial charge in [0.2, 0.25) is 0 Å². The van der Waals surface area contributed by atoms with Crippen LogP contribution in [0.4, 0.5) is 5.69 Å². The summed E-state index contributed by atoms with van der Waals surface area (Å²) in [5, 5.41) is 10.7. The first kappa shape index (κ1) is 15.1. The molecule has 0 bridgehead atoms. The van der Waals surface area contributed by atoms with E-state index in [1.54, 1.807) is 0 Å². The van der Waals surface area contributed by atoms with E-state index in [-0.39, 0.29) is 23.1 Å². The van der Waals surface area contributed by atoms with Crippen LogP contribution in [0.15, 0.2) is 18.2 Å². The molecular formula is C14H19NO4. The fourth-order valence-electron chi connectivity index (χ4n) is 1.94. The van der Waals surface area contributed by atoms with E-state index in [2.05, 4.69) is 13.8 Å². The van der Waals surface area contributed by atoms with Crippen molar-refractivity contribution in [2.75, 3.05) is 0 Å². The van der Waals surface area contributed by atoms with E-state index in [0.29, 0.717) is 11.7 Å². The quantitative estimate of drug-likeness (QED) is 0.447. The lowest BCUT2D eigenvalue weighted by Gasteiger charge is -2.18. The van der Waals surface area contributed by atoms with Crippen LogP contribution in [-0.2, 0) is 0 Å². The Morgan fingerprint density at radius 1 is 1.37 bits per heavy atom. The maximum atomic E-state index is 11.5. The van der Waals surface area contributed by atoms with Crippen molar-refractivity contribution < 1.29 is 14.5 Å². The molecule has 1 rings (SSSR count). The second-order valence-electron chi connectivity index (χ2n) is 5.05. The number of rotatable bonds is 6. The maximum Gasteiger partial charge on any atom is 0.270 e. The lowest BCUT2D eigenvalue weighted by molar-refractivity contribution is -0.384. The molecule has 0 amide bonds. The van der Waals surface area contributed by atoms with Crippen molar-refractivity contribution >= 4 is 11.5 Å². The number of non-ortho nitro benzene ring substituents is 1. The first-order valence-electron chi connectivity index (χ1n) is 6.27. The molecule has 1 aromatic carbocycles. The highest BCUT2D eigenvalue weighted by molar-refractivity contribution is 5.97. The summed E-state index contributed by atoms with van der Waals surface area (Å²) < 4.78 is 5.71. The molecule has 0 aliphatic rings. The van der Waals surface area contributed by atoms with Gasteiger partial charge in [-0.2, -0.15) is 0 Å². The lowest BCUT2D eigenvalue weighted by atomic mass is 10.1. The first-order chi connectivity index (χ1) is 8.81. The van der Waals surface area contributed by atoms with Crippen LogP contribution in [0, 0.1) is 16.0 Å². The number of nitro benzene ring substituents is 1. The van der Waals surface area contributed by atoms with E-state index in [1.165, 1.54) is 25.1 Å². The smallest absolute Gasteiger partial charge is 0.270 e. The van der Waals surface area contributed by atoms with Crippen LogP contribution >= 0.6 is 0 Å². The van der Waals surface area contributed by atoms with Gasteiger partial charge in [0.05, 0.1) is 16.6 Å². The topological polar surface area (TPSA) is 69.4 Å². The zero-order valence-corrected chi connectivity index (χ0v) is 11.7. The van der Waals surface area contributed by atoms with Gasteiger partial charge in [-0.05, 0) is 32.3 Å². The molecule has 0 aliphatic heterocycles. The number of nitrogens with zero attached hydrogens (tertiary/aromatic N) is 1. The Labute approximate surface area is 112 Å². The predicted molar refractivity (Wildman–Crippen MR) is 72.6 cm³/mol. The van der Waals surface area contributed by atoms with Gasteiger partial charge in [0.1, 0.15) is 5.75 Å². The number of nitro groups is 1. The van der Waals surface area contributed by atoms with Gasteiger partial charge in [0.15, 0.2) is 5.78 Å². The zero-order valence-electron chi connectivity index (χ0n) is 11.7. The van der Waals surface area contributed by atoms with Gasteiger partial charge >= 0.3 is 0 Å². The van der Waals surface area contributed by atoms with E-state index in [0.717, 1.165) is 6.42 Å². The Kier molecular flexibility index (Phi) is 5.03. The highest BCUT2D eigenvalue weighted by Gasteiger charge is 2.17. The second-order valence-corrected chi connectivity index (χ2v) is 5.05. The second kappa shape index (κ2) is 6.31. The molecule has 5 heteroatoms. The SMILES string of the molecule is CC(=O)c1cc([N+](=O)[O-])ccc1OC(C)CC(C)C. The summed E-state index contributed by atoms with van der Waals surface area (Å²) in [5.74, 6) is 0.649. The highest BCUT2D eigenvalue weighted by Crippen LogP contribution is 2.26. The van der Waals surface area contributed by atoms with Crippen molar-refractivity contribution in [2.24, 2.45) is 5.92 Å². The summed E-state index contributed by atoms with van der Waals surface area (Å²) in [6.07, 6.45) is 0.813. The Morgan fingerprint density at radius 3 is 2.47 bits per heavy atom. The molecule has 0 aliphatic carbocycles. The van der Waals surface area contributed by atoms with Crippen LogP contribution in [-0.4, -0.2) is 16.8 Å². The monoisotopic (exact) mass is 265 g/mol. The Balaban J connectivity index is 3.00. The first-order valence-corrected chi connectivity index (χ1v) is 6.27. The summed E-state index contributed by atoms with van der Waals surface area (Å²) in [5.41, 5.74) is 0.152. The molecule has 1 unspecified atom stereocenters. The molecule has 1 atom stereocenters. The van der Waals surface area contributed by atoms with Crippen LogP contribution in [0.1, 0.15) is 44.5 Å². The number of benzene rings is 1. The maximum absolute atomic E-state index is 11.5. The molecule has 0 aromatic heterocycles. The molecular weight excluding hydrogens is 246 g/mol. The molecule has 0 heterocycles. The van der Waals surface area contributed by atoms with Gasteiger partial charge in [0.25, 0.3) is 5.69 Å². The van der Waals surface area contributed by atoms with Crippen LogP contribution in [0.5, 0.6) is 5.75 Å². The third-order valence-corrected chi connectivity index (χ3v) is 2.68. The van der Waals surface area contributed by atoms with Crippen molar-refractivity contribution in [3.63, 3.8) is 0 Å². The minimum absolute atomic E-state index is 0.0421. The van der Waals surface area contributed by atoms with Gasteiger partial charge < -0.3 is 4.74 Å². The van der Waals surface area contributed by atoms with E-state index < -0.39 is 4.92 Å². The van der Waals surface area contributed by atoms with E-state index >= 15 is 0 Å². The summed E-state index contributed by atoms with van der Waals surface area (Å²) in [6, 6.07) is 4.11. The highest BCUT2D eigenvalue weighted by atomic mass is 16.6. The number of ketones is 1. The average Bonchev–Trinajstić information content (AvgIpc) is 2.27. The molecule has 5 nitrogen and oxygen atoms in total. The van der Waals surface area contributed by atoms with Gasteiger partial charge in [0, 0.05) is 12.1 Å². The van der Waals surface area contributed by atoms with Crippen molar-refractivity contribution in [1.29, 1.82) is 0 Å². The average molecular weight is 265 g/mol. The molecule has 0 N–H and O–H groups in total. The fraction of sp³-hybridized carbons (Fsp3) is 0.500. The van der Waals surface area contributed by atoms with E-state index in [9.17, 15) is 14.9 Å². The van der Waals surface area contributed by atoms with E-state index in [1.807, 2.05) is 6.92 Å². The molecule has 0 fully saturated rings. The molecule has 1 aromatic rings. The molecule has 0 radical (unpaired) electrons. The van der Waals surface area contributed by atoms with Crippen LogP contribution in [0.3, 0.4) is 0 Å². The van der Waals surface area contributed by atoms with E-state index in [4.69, 9.17) is 4.74 Å². The number of carbonyl (C=O) groups is 1. The number of hydrogen-bond donors (Lipinski definition) is 0. The number of carbonyl (C=O) groups excluding carboxylic acids is 1. The third-order valence-electron chi connectivity index (χ3n) is 2.68. The Bertz CT molecular complexity index is 482. The third kappa shape index (κ3) is 4.35. The normalized spacial score (nSPS) is 12.3. The van der Waals surface area contributed by atoms with Crippen LogP contribution < -0.4 is 4.74 Å². The van der Waals surface area contributed by atoms with Crippen molar-refractivity contribution in [1.82, 2.24) is 0 Å². The molecule has 0 spiro atoms. The molecule has 19 heavy (non-hydrogen) atoms. The largest absolute Gasteiger partial charge is 0.490 e. The van der Waals surface area contributed by atoms with Gasteiger partial charge in [-0.15, -0.1) is 0 Å². The minimum atomic E-state index is -0.520. The van der Waals surface area contributed by atoms with Crippen LogP contribution in [0.25, 0.3) is 0 Å². The molecule has 104 valence electrons. The van der Waals surface area contributed by atoms with Gasteiger partial charge in [-0.1, -0.05) is 13.8 Å². The summed E-state index contributed by atoms with van der Waals surface area (Å²) in [4.78, 5) is 21.7. The summed E-state index contributed by atoms with van der Waals surface area (Å²) in [6.45, 7) is 7.47. The summed E-state index contributed by atoms with van der Waals surface area (Å²) in [7, 11) is 0. The molecule has 0 saturated heterocycles. The zero-order chi connectivity index (χ0) is 14.6. The predicted octanol–water partition coefficient (Wildman–Crippen LogP) is 3.61. The Hall–Kier alpha value is -1.91. The standard InChI is InChI=1S/C14H19NO4/c1-9(2)7-10(3)19-14-6-5-12(15(17)18)8-13(14)11(4)16/h5-6,8-10H,7H2,1-4H3. The molecule has 0 saturated carbocycles. The lowest BCUT2D eigenvalue weighted by Crippen LogP contribution is -2.16. The summed E-state index contributed by atoms with van der Waals surface area (Å²) >= 11 is 0. The van der Waals surface area contributed by atoms with Crippen molar-refractivity contribution in [3.05, 3.63) is 33.9 Å². The van der Waals surface area contributed by atoms with Crippen LogP contribution in [0.2, 0.25) is 0 Å². The minimum Gasteiger partial charge on any atom is -0.490 e. The fourth-order valence-corrected chi connectivity index (χ4v) is 1.94.